The Bertz CT molecular complexity index is 1220. The van der Waals surface area contributed by atoms with E-state index >= 15 is 0 Å². The first-order chi connectivity index (χ1) is 15.6. The lowest BCUT2D eigenvalue weighted by Gasteiger charge is -2.12. The van der Waals surface area contributed by atoms with Gasteiger partial charge in [-0.05, 0) is 48.4 Å². The minimum Gasteiger partial charge on any atom is -0.465 e. The fourth-order valence-corrected chi connectivity index (χ4v) is 3.17. The fourth-order valence-electron chi connectivity index (χ4n) is 3.17. The molecular formula is C25H22N4O3. The third-order valence-corrected chi connectivity index (χ3v) is 4.90. The van der Waals surface area contributed by atoms with Gasteiger partial charge in [0.2, 0.25) is 0 Å². The molecule has 0 aliphatic carbocycles. The van der Waals surface area contributed by atoms with E-state index in [0.29, 0.717) is 17.9 Å². The number of imidazole rings is 1. The summed E-state index contributed by atoms with van der Waals surface area (Å²) in [5.74, 6) is -0.312. The minimum atomic E-state index is -0.415. The molecule has 0 spiro atoms. The molecule has 0 aliphatic heterocycles. The van der Waals surface area contributed by atoms with Crippen molar-refractivity contribution in [1.82, 2.24) is 20.2 Å². The smallest absolute Gasteiger partial charge is 0.268 e. The number of hydrogen-bond acceptors (Lipinski definition) is 4. The van der Waals surface area contributed by atoms with Gasteiger partial charge in [-0.15, -0.1) is 0 Å². The Hall–Kier alpha value is -4.39. The van der Waals surface area contributed by atoms with Gasteiger partial charge in [0.15, 0.2) is 0 Å². The number of nitrogens with one attached hydrogen (secondary N) is 2. The number of rotatable bonds is 7. The van der Waals surface area contributed by atoms with E-state index in [0.717, 1.165) is 16.8 Å². The summed E-state index contributed by atoms with van der Waals surface area (Å²) < 4.78 is 7.22. The maximum atomic E-state index is 12.9. The topological polar surface area (TPSA) is 89.2 Å². The van der Waals surface area contributed by atoms with Crippen LogP contribution >= 0.6 is 0 Å². The van der Waals surface area contributed by atoms with Crippen LogP contribution in [0, 0.1) is 6.92 Å². The normalized spacial score (nSPS) is 11.2. The zero-order valence-electron chi connectivity index (χ0n) is 17.5. The Morgan fingerprint density at radius 3 is 2.56 bits per heavy atom. The molecule has 2 aromatic heterocycles. The van der Waals surface area contributed by atoms with E-state index < -0.39 is 5.91 Å². The van der Waals surface area contributed by atoms with Gasteiger partial charge in [-0.25, -0.2) is 4.98 Å². The highest BCUT2D eigenvalue weighted by atomic mass is 16.3. The number of carbonyl (C=O) groups is 2. The average molecular weight is 426 g/mol. The van der Waals surface area contributed by atoms with Gasteiger partial charge >= 0.3 is 0 Å². The molecule has 7 nitrogen and oxygen atoms in total. The van der Waals surface area contributed by atoms with Crippen molar-refractivity contribution in [3.8, 4) is 5.69 Å². The van der Waals surface area contributed by atoms with Crippen molar-refractivity contribution in [3.05, 3.63) is 114 Å². The quantitative estimate of drug-likeness (QED) is 0.439. The molecule has 160 valence electrons. The van der Waals surface area contributed by atoms with Gasteiger partial charge in [0.05, 0.1) is 12.6 Å². The number of hydrogen-bond donors (Lipinski definition) is 2. The van der Waals surface area contributed by atoms with Crippen LogP contribution < -0.4 is 10.6 Å². The molecule has 2 amide bonds. The molecular weight excluding hydrogens is 404 g/mol. The van der Waals surface area contributed by atoms with Crippen molar-refractivity contribution >= 4 is 17.9 Å². The summed E-state index contributed by atoms with van der Waals surface area (Å²) in [6.07, 6.45) is 8.31. The lowest BCUT2D eigenvalue weighted by Crippen LogP contribution is -2.34. The molecule has 0 fully saturated rings. The van der Waals surface area contributed by atoms with Gasteiger partial charge in [-0.1, -0.05) is 30.3 Å². The van der Waals surface area contributed by atoms with Gasteiger partial charge in [0.25, 0.3) is 11.8 Å². The van der Waals surface area contributed by atoms with Crippen LogP contribution in [0.15, 0.2) is 95.8 Å². The molecule has 0 bridgehead atoms. The summed E-state index contributed by atoms with van der Waals surface area (Å²) in [5, 5.41) is 5.57. The lowest BCUT2D eigenvalue weighted by molar-refractivity contribution is -0.117. The molecule has 2 N–H and O–H groups in total. The summed E-state index contributed by atoms with van der Waals surface area (Å²) in [7, 11) is 0. The highest BCUT2D eigenvalue weighted by Crippen LogP contribution is 2.12. The van der Waals surface area contributed by atoms with E-state index in [1.165, 1.54) is 12.3 Å². The first-order valence-electron chi connectivity index (χ1n) is 10.1. The third-order valence-electron chi connectivity index (χ3n) is 4.90. The van der Waals surface area contributed by atoms with Crippen LogP contribution in [0.4, 0.5) is 0 Å². The van der Waals surface area contributed by atoms with Crippen molar-refractivity contribution in [1.29, 1.82) is 0 Å². The standard InChI is InChI=1S/C25H22N4O3/c1-18-5-2-3-7-22(18)24(30)28-23(15-21-6-4-14-32-21)25(31)27-16-19-8-10-20(11-9-19)29-13-12-26-17-29/h2-15,17H,16H2,1H3,(H,27,31)(H,28,30)/b23-15-. The molecule has 7 heteroatoms. The van der Waals surface area contributed by atoms with E-state index in [1.807, 2.05) is 54.1 Å². The average Bonchev–Trinajstić information content (AvgIpc) is 3.52. The number of nitrogens with zero attached hydrogens (tertiary/aromatic N) is 2. The molecule has 4 rings (SSSR count). The van der Waals surface area contributed by atoms with E-state index in [1.54, 1.807) is 36.8 Å². The highest BCUT2D eigenvalue weighted by Gasteiger charge is 2.16. The molecule has 0 saturated carbocycles. The number of aryl methyl sites for hydroxylation is 1. The number of furan rings is 1. The monoisotopic (exact) mass is 426 g/mol. The van der Waals surface area contributed by atoms with Crippen LogP contribution in [0.25, 0.3) is 11.8 Å². The van der Waals surface area contributed by atoms with Crippen LogP contribution in [0.2, 0.25) is 0 Å². The van der Waals surface area contributed by atoms with Crippen molar-refractivity contribution in [2.24, 2.45) is 0 Å². The second kappa shape index (κ2) is 9.61. The van der Waals surface area contributed by atoms with E-state index in [-0.39, 0.29) is 11.6 Å². The van der Waals surface area contributed by atoms with E-state index in [4.69, 9.17) is 4.42 Å². The van der Waals surface area contributed by atoms with Crippen LogP contribution in [-0.4, -0.2) is 21.4 Å². The Balaban J connectivity index is 1.47. The molecule has 0 atom stereocenters. The summed E-state index contributed by atoms with van der Waals surface area (Å²) in [6, 6.07) is 18.4. The van der Waals surface area contributed by atoms with Crippen LogP contribution in [0.3, 0.4) is 0 Å². The van der Waals surface area contributed by atoms with Crippen molar-refractivity contribution < 1.29 is 14.0 Å². The van der Waals surface area contributed by atoms with Crippen LogP contribution in [0.1, 0.15) is 27.2 Å². The SMILES string of the molecule is Cc1ccccc1C(=O)N/C(=C\c1ccco1)C(=O)NCc1ccc(-n2ccnc2)cc1. The largest absolute Gasteiger partial charge is 0.465 e. The first kappa shape index (κ1) is 20.9. The molecule has 0 saturated heterocycles. The number of amides is 2. The Morgan fingerprint density at radius 2 is 1.88 bits per heavy atom. The second-order valence-corrected chi connectivity index (χ2v) is 7.16. The predicted octanol–water partition coefficient (Wildman–Crippen LogP) is 3.86. The van der Waals surface area contributed by atoms with E-state index in [2.05, 4.69) is 15.6 Å². The summed E-state index contributed by atoms with van der Waals surface area (Å²) in [6.45, 7) is 2.15. The molecule has 0 unspecified atom stereocenters. The van der Waals surface area contributed by atoms with Crippen LogP contribution in [0.5, 0.6) is 0 Å². The van der Waals surface area contributed by atoms with Gasteiger partial charge in [0, 0.05) is 36.3 Å². The summed E-state index contributed by atoms with van der Waals surface area (Å²) in [5.41, 5.74) is 3.32. The second-order valence-electron chi connectivity index (χ2n) is 7.16. The molecule has 4 aromatic rings. The molecule has 0 radical (unpaired) electrons. The number of benzene rings is 2. The predicted molar refractivity (Wildman–Crippen MR) is 121 cm³/mol. The molecule has 2 heterocycles. The van der Waals surface area contributed by atoms with Crippen LogP contribution in [-0.2, 0) is 11.3 Å². The maximum absolute atomic E-state index is 12.9. The highest BCUT2D eigenvalue weighted by molar-refractivity contribution is 6.05. The maximum Gasteiger partial charge on any atom is 0.268 e. The van der Waals surface area contributed by atoms with Crippen molar-refractivity contribution in [2.75, 3.05) is 0 Å². The molecule has 2 aromatic carbocycles. The Morgan fingerprint density at radius 1 is 1.06 bits per heavy atom. The fraction of sp³-hybridized carbons (Fsp3) is 0.0800. The minimum absolute atomic E-state index is 0.100. The van der Waals surface area contributed by atoms with E-state index in [9.17, 15) is 9.59 Å². The van der Waals surface area contributed by atoms with Crippen molar-refractivity contribution in [2.45, 2.75) is 13.5 Å². The van der Waals surface area contributed by atoms with Gasteiger partial charge in [0.1, 0.15) is 11.5 Å². The number of carbonyl (C=O) groups excluding carboxylic acids is 2. The van der Waals surface area contributed by atoms with Crippen molar-refractivity contribution in [3.63, 3.8) is 0 Å². The first-order valence-corrected chi connectivity index (χ1v) is 10.1. The Kier molecular flexibility index (Phi) is 6.27. The lowest BCUT2D eigenvalue weighted by atomic mass is 10.1. The summed E-state index contributed by atoms with van der Waals surface area (Å²) in [4.78, 5) is 29.7. The van der Waals surface area contributed by atoms with Gasteiger partial charge in [-0.3, -0.25) is 9.59 Å². The van der Waals surface area contributed by atoms with Gasteiger partial charge < -0.3 is 19.6 Å². The molecule has 32 heavy (non-hydrogen) atoms. The molecule has 0 aliphatic rings. The third kappa shape index (κ3) is 5.02. The summed E-state index contributed by atoms with van der Waals surface area (Å²) >= 11 is 0. The Labute approximate surface area is 185 Å². The zero-order chi connectivity index (χ0) is 22.3. The van der Waals surface area contributed by atoms with Gasteiger partial charge in [-0.2, -0.15) is 0 Å². The zero-order valence-corrected chi connectivity index (χ0v) is 17.5. The number of aromatic nitrogens is 2.